The predicted molar refractivity (Wildman–Crippen MR) is 96.7 cm³/mol. The summed E-state index contributed by atoms with van der Waals surface area (Å²) >= 11 is 6.95. The summed E-state index contributed by atoms with van der Waals surface area (Å²) in [6.45, 7) is 10.4. The van der Waals surface area contributed by atoms with Crippen LogP contribution in [0.5, 0.6) is 0 Å². The minimum Gasteiger partial charge on any atom is -0.392 e. The molecule has 3 nitrogen and oxygen atoms in total. The largest absolute Gasteiger partial charge is 0.392 e. The van der Waals surface area contributed by atoms with E-state index in [9.17, 15) is 4.79 Å². The normalized spacial score (nSPS) is 20.1. The van der Waals surface area contributed by atoms with Crippen molar-refractivity contribution in [3.8, 4) is 0 Å². The first-order valence-electron chi connectivity index (χ1n) is 7.72. The van der Waals surface area contributed by atoms with Crippen LogP contribution in [0.4, 0.5) is 0 Å². The minimum atomic E-state index is -0.108. The van der Waals surface area contributed by atoms with Crippen LogP contribution in [-0.4, -0.2) is 39.9 Å². The van der Waals surface area contributed by atoms with Gasteiger partial charge in [-0.1, -0.05) is 39.9 Å². The fourth-order valence-electron chi connectivity index (χ4n) is 3.21. The first-order valence-corrected chi connectivity index (χ1v) is 9.36. The van der Waals surface area contributed by atoms with Crippen LogP contribution >= 0.6 is 24.0 Å². The molecule has 21 heavy (non-hydrogen) atoms. The molecule has 1 amide bonds. The van der Waals surface area contributed by atoms with Gasteiger partial charge < -0.3 is 10.6 Å². The molecule has 1 aliphatic rings. The SMILES string of the molecule is CSC1(C(N)=S)CCN(C(=O)CC(C)CC(C)(C)C)CC1. The Kier molecular flexibility index (Phi) is 6.54. The second-order valence-electron chi connectivity index (χ2n) is 7.52. The topological polar surface area (TPSA) is 46.3 Å². The Hall–Kier alpha value is -0.290. The fourth-order valence-corrected chi connectivity index (χ4v) is 4.46. The molecule has 2 N–H and O–H groups in total. The van der Waals surface area contributed by atoms with E-state index in [-0.39, 0.29) is 16.1 Å². The lowest BCUT2D eigenvalue weighted by atomic mass is 9.84. The van der Waals surface area contributed by atoms with E-state index < -0.39 is 0 Å². The van der Waals surface area contributed by atoms with Crippen LogP contribution in [0.15, 0.2) is 0 Å². The summed E-state index contributed by atoms with van der Waals surface area (Å²) in [7, 11) is 0. The molecule has 1 heterocycles. The average Bonchev–Trinajstić information content (AvgIpc) is 2.36. The number of carbonyl (C=O) groups is 1. The summed E-state index contributed by atoms with van der Waals surface area (Å²) in [5.74, 6) is 0.713. The molecule has 1 fully saturated rings. The third-order valence-corrected chi connectivity index (χ3v) is 6.18. The van der Waals surface area contributed by atoms with Crippen molar-refractivity contribution < 1.29 is 4.79 Å². The van der Waals surface area contributed by atoms with E-state index in [0.717, 1.165) is 32.4 Å². The van der Waals surface area contributed by atoms with Crippen LogP contribution in [-0.2, 0) is 4.79 Å². The summed E-state index contributed by atoms with van der Waals surface area (Å²) in [6.07, 6.45) is 5.54. The molecule has 0 saturated carbocycles. The average molecular weight is 331 g/mol. The van der Waals surface area contributed by atoms with Crippen molar-refractivity contribution in [1.29, 1.82) is 0 Å². The number of amides is 1. The van der Waals surface area contributed by atoms with E-state index in [1.165, 1.54) is 0 Å². The third-order valence-electron chi connectivity index (χ3n) is 4.25. The Morgan fingerprint density at radius 2 is 1.90 bits per heavy atom. The highest BCUT2D eigenvalue weighted by atomic mass is 32.2. The molecule has 0 aliphatic carbocycles. The number of hydrogen-bond donors (Lipinski definition) is 1. The molecule has 1 unspecified atom stereocenters. The number of rotatable bonds is 5. The van der Waals surface area contributed by atoms with Crippen molar-refractivity contribution in [1.82, 2.24) is 4.90 Å². The van der Waals surface area contributed by atoms with E-state index in [1.807, 2.05) is 4.90 Å². The lowest BCUT2D eigenvalue weighted by Crippen LogP contribution is -2.50. The van der Waals surface area contributed by atoms with Gasteiger partial charge in [0.25, 0.3) is 0 Å². The molecule has 0 bridgehead atoms. The first kappa shape index (κ1) is 18.8. The summed E-state index contributed by atoms with van der Waals surface area (Å²) < 4.78 is -0.108. The Balaban J connectivity index is 2.51. The molecular weight excluding hydrogens is 300 g/mol. The maximum absolute atomic E-state index is 12.4. The smallest absolute Gasteiger partial charge is 0.222 e. The van der Waals surface area contributed by atoms with Crippen LogP contribution in [0.2, 0.25) is 0 Å². The molecule has 1 saturated heterocycles. The number of likely N-dealkylation sites (tertiary alicyclic amines) is 1. The summed E-state index contributed by atoms with van der Waals surface area (Å²) in [6, 6.07) is 0. The van der Waals surface area contributed by atoms with Crippen molar-refractivity contribution in [2.75, 3.05) is 19.3 Å². The van der Waals surface area contributed by atoms with Gasteiger partial charge >= 0.3 is 0 Å². The van der Waals surface area contributed by atoms with Gasteiger partial charge in [-0.3, -0.25) is 4.79 Å². The zero-order valence-corrected chi connectivity index (χ0v) is 15.7. The molecule has 0 aromatic carbocycles. The van der Waals surface area contributed by atoms with Crippen molar-refractivity contribution in [2.45, 2.75) is 58.1 Å². The van der Waals surface area contributed by atoms with Gasteiger partial charge in [0.2, 0.25) is 5.91 Å². The van der Waals surface area contributed by atoms with Crippen molar-refractivity contribution in [3.63, 3.8) is 0 Å². The first-order chi connectivity index (χ1) is 9.59. The third kappa shape index (κ3) is 5.44. The maximum Gasteiger partial charge on any atom is 0.222 e. The number of nitrogens with zero attached hydrogens (tertiary/aromatic N) is 1. The highest BCUT2D eigenvalue weighted by Crippen LogP contribution is 2.35. The van der Waals surface area contributed by atoms with Crippen LogP contribution in [0.25, 0.3) is 0 Å². The van der Waals surface area contributed by atoms with E-state index in [4.69, 9.17) is 18.0 Å². The van der Waals surface area contributed by atoms with Gasteiger partial charge in [0.1, 0.15) is 0 Å². The van der Waals surface area contributed by atoms with E-state index in [0.29, 0.717) is 17.3 Å². The van der Waals surface area contributed by atoms with Gasteiger partial charge in [-0.05, 0) is 36.9 Å². The van der Waals surface area contributed by atoms with Gasteiger partial charge in [-0.2, -0.15) is 11.8 Å². The van der Waals surface area contributed by atoms with Crippen molar-refractivity contribution in [2.24, 2.45) is 17.1 Å². The fraction of sp³-hybridized carbons (Fsp3) is 0.875. The summed E-state index contributed by atoms with van der Waals surface area (Å²) in [4.78, 5) is 15.0. The standard InChI is InChI=1S/C16H30N2OS2/c1-12(11-15(2,3)4)10-13(19)18-8-6-16(21-5,7-9-18)14(17)20/h12H,6-11H2,1-5H3,(H2,17,20). The van der Waals surface area contributed by atoms with Gasteiger partial charge in [-0.25, -0.2) is 0 Å². The molecule has 122 valence electrons. The summed E-state index contributed by atoms with van der Waals surface area (Å²) in [5.41, 5.74) is 6.17. The maximum atomic E-state index is 12.4. The number of thioether (sulfide) groups is 1. The van der Waals surface area contributed by atoms with Crippen LogP contribution in [0, 0.1) is 11.3 Å². The number of hydrogen-bond acceptors (Lipinski definition) is 3. The molecule has 1 aliphatic heterocycles. The van der Waals surface area contributed by atoms with Crippen molar-refractivity contribution in [3.05, 3.63) is 0 Å². The highest BCUT2D eigenvalue weighted by Gasteiger charge is 2.37. The van der Waals surface area contributed by atoms with Crippen LogP contribution in [0.3, 0.4) is 0 Å². The van der Waals surface area contributed by atoms with E-state index in [2.05, 4.69) is 34.0 Å². The lowest BCUT2D eigenvalue weighted by molar-refractivity contribution is -0.133. The Bertz CT molecular complexity index is 382. The second kappa shape index (κ2) is 7.32. The minimum absolute atomic E-state index is 0.108. The molecule has 0 radical (unpaired) electrons. The molecular formula is C16H30N2OS2. The molecule has 5 heteroatoms. The summed E-state index contributed by atoms with van der Waals surface area (Å²) in [5, 5.41) is 0. The zero-order valence-electron chi connectivity index (χ0n) is 14.1. The monoisotopic (exact) mass is 330 g/mol. The number of thiocarbonyl (C=S) groups is 1. The number of nitrogens with two attached hydrogens (primary N) is 1. The molecule has 0 aromatic heterocycles. The van der Waals surface area contributed by atoms with Crippen LogP contribution in [0.1, 0.15) is 53.4 Å². The predicted octanol–water partition coefficient (Wildman–Crippen LogP) is 3.46. The highest BCUT2D eigenvalue weighted by molar-refractivity contribution is 8.02. The van der Waals surface area contributed by atoms with Crippen molar-refractivity contribution >= 4 is 34.9 Å². The molecule has 0 spiro atoms. The zero-order chi connectivity index (χ0) is 16.3. The van der Waals surface area contributed by atoms with Gasteiger partial charge in [0.15, 0.2) is 0 Å². The Labute approximate surface area is 139 Å². The molecule has 1 atom stereocenters. The van der Waals surface area contributed by atoms with Crippen LogP contribution < -0.4 is 5.73 Å². The van der Waals surface area contributed by atoms with E-state index >= 15 is 0 Å². The Morgan fingerprint density at radius 1 is 1.38 bits per heavy atom. The second-order valence-corrected chi connectivity index (χ2v) is 9.15. The number of carbonyl (C=O) groups excluding carboxylic acids is 1. The number of piperidine rings is 1. The van der Waals surface area contributed by atoms with Gasteiger partial charge in [-0.15, -0.1) is 0 Å². The molecule has 0 aromatic rings. The quantitative estimate of drug-likeness (QED) is 0.784. The van der Waals surface area contributed by atoms with E-state index in [1.54, 1.807) is 11.8 Å². The van der Waals surface area contributed by atoms with Gasteiger partial charge in [0, 0.05) is 19.5 Å². The lowest BCUT2D eigenvalue weighted by Gasteiger charge is -2.40. The van der Waals surface area contributed by atoms with Gasteiger partial charge in [0.05, 0.1) is 9.74 Å². The Morgan fingerprint density at radius 3 is 2.29 bits per heavy atom. The molecule has 1 rings (SSSR count).